The Hall–Kier alpha value is -1.14. The van der Waals surface area contributed by atoms with E-state index in [0.717, 1.165) is 13.0 Å². The van der Waals surface area contributed by atoms with Gasteiger partial charge in [0.1, 0.15) is 0 Å². The monoisotopic (exact) mass is 230 g/mol. The Labute approximate surface area is 94.5 Å². The first kappa shape index (κ1) is 12.9. The highest BCUT2D eigenvalue weighted by Gasteiger charge is 2.24. The molecule has 1 aliphatic rings. The van der Waals surface area contributed by atoms with Crippen LogP contribution in [0.1, 0.15) is 13.3 Å². The van der Waals surface area contributed by atoms with Crippen molar-refractivity contribution in [2.24, 2.45) is 11.7 Å². The number of hydrogen-bond donors (Lipinski definition) is 2. The molecule has 2 atom stereocenters. The van der Waals surface area contributed by atoms with Crippen molar-refractivity contribution in [3.05, 3.63) is 0 Å². The second-order valence-corrected chi connectivity index (χ2v) is 3.70. The van der Waals surface area contributed by atoms with Gasteiger partial charge >= 0.3 is 5.97 Å². The van der Waals surface area contributed by atoms with E-state index in [0.29, 0.717) is 19.1 Å². The van der Waals surface area contributed by atoms with Gasteiger partial charge in [0.25, 0.3) is 0 Å². The molecule has 1 rings (SSSR count). The summed E-state index contributed by atoms with van der Waals surface area (Å²) in [6, 6.07) is -1.23. The van der Waals surface area contributed by atoms with Crippen molar-refractivity contribution in [3.8, 4) is 0 Å². The molecule has 0 aromatic rings. The first-order valence-corrected chi connectivity index (χ1v) is 5.42. The van der Waals surface area contributed by atoms with Gasteiger partial charge < -0.3 is 20.5 Å². The standard InChI is InChI=1S/C10H18N2O4/c1-2-16-10(14)8(11)9(13)12-5-7-3-4-15-6-7/h7-8H,2-6,11H2,1H3,(H,12,13). The number of ether oxygens (including phenoxy) is 2. The van der Waals surface area contributed by atoms with Crippen LogP contribution in [0.15, 0.2) is 0 Å². The number of nitrogens with one attached hydrogen (secondary N) is 1. The van der Waals surface area contributed by atoms with Gasteiger partial charge in [0.15, 0.2) is 6.04 Å². The molecule has 16 heavy (non-hydrogen) atoms. The van der Waals surface area contributed by atoms with Crippen LogP contribution in [-0.2, 0) is 19.1 Å². The summed E-state index contributed by atoms with van der Waals surface area (Å²) in [5.74, 6) is -0.869. The maximum Gasteiger partial charge on any atom is 0.332 e. The molecule has 92 valence electrons. The molecule has 2 unspecified atom stereocenters. The molecule has 1 heterocycles. The Morgan fingerprint density at radius 3 is 2.94 bits per heavy atom. The minimum absolute atomic E-state index is 0.219. The van der Waals surface area contributed by atoms with Gasteiger partial charge in [-0.05, 0) is 13.3 Å². The molecule has 0 aromatic carbocycles. The zero-order chi connectivity index (χ0) is 12.0. The van der Waals surface area contributed by atoms with Crippen molar-refractivity contribution < 1.29 is 19.1 Å². The van der Waals surface area contributed by atoms with Crippen molar-refractivity contribution in [1.82, 2.24) is 5.32 Å². The molecule has 1 amide bonds. The minimum Gasteiger partial charge on any atom is -0.464 e. The van der Waals surface area contributed by atoms with Gasteiger partial charge in [-0.15, -0.1) is 0 Å². The molecule has 0 radical (unpaired) electrons. The first-order chi connectivity index (χ1) is 7.65. The summed E-state index contributed by atoms with van der Waals surface area (Å²) in [6.45, 7) is 3.75. The quantitative estimate of drug-likeness (QED) is 0.468. The van der Waals surface area contributed by atoms with E-state index in [-0.39, 0.29) is 6.61 Å². The fourth-order valence-electron chi connectivity index (χ4n) is 1.44. The van der Waals surface area contributed by atoms with Gasteiger partial charge in [-0.3, -0.25) is 4.79 Å². The molecule has 3 N–H and O–H groups in total. The smallest absolute Gasteiger partial charge is 0.332 e. The van der Waals surface area contributed by atoms with E-state index in [1.54, 1.807) is 6.92 Å². The number of carbonyl (C=O) groups excluding carboxylic acids is 2. The first-order valence-electron chi connectivity index (χ1n) is 5.42. The van der Waals surface area contributed by atoms with Crippen LogP contribution in [0.2, 0.25) is 0 Å². The topological polar surface area (TPSA) is 90.7 Å². The zero-order valence-corrected chi connectivity index (χ0v) is 9.40. The van der Waals surface area contributed by atoms with E-state index >= 15 is 0 Å². The molecule has 0 bridgehead atoms. The van der Waals surface area contributed by atoms with Gasteiger partial charge in [0.2, 0.25) is 5.91 Å². The summed E-state index contributed by atoms with van der Waals surface area (Å²) >= 11 is 0. The molecular weight excluding hydrogens is 212 g/mol. The summed E-state index contributed by atoms with van der Waals surface area (Å²) in [6.07, 6.45) is 0.926. The van der Waals surface area contributed by atoms with Gasteiger partial charge in [-0.2, -0.15) is 0 Å². The van der Waals surface area contributed by atoms with Crippen molar-refractivity contribution in [2.45, 2.75) is 19.4 Å². The van der Waals surface area contributed by atoms with Crippen LogP contribution in [0, 0.1) is 5.92 Å². The molecule has 1 fully saturated rings. The molecule has 0 saturated carbocycles. The lowest BCUT2D eigenvalue weighted by Crippen LogP contribution is -2.48. The molecule has 0 aliphatic carbocycles. The third-order valence-corrected chi connectivity index (χ3v) is 2.41. The fourth-order valence-corrected chi connectivity index (χ4v) is 1.44. The molecule has 6 nitrogen and oxygen atoms in total. The highest BCUT2D eigenvalue weighted by Crippen LogP contribution is 2.10. The lowest BCUT2D eigenvalue weighted by atomic mass is 10.1. The predicted molar refractivity (Wildman–Crippen MR) is 56.5 cm³/mol. The van der Waals surface area contributed by atoms with Crippen LogP contribution in [0.5, 0.6) is 0 Å². The van der Waals surface area contributed by atoms with E-state index in [9.17, 15) is 9.59 Å². The fraction of sp³-hybridized carbons (Fsp3) is 0.800. The average Bonchev–Trinajstić information content (AvgIpc) is 2.78. The van der Waals surface area contributed by atoms with Crippen molar-refractivity contribution >= 4 is 11.9 Å². The van der Waals surface area contributed by atoms with Crippen molar-refractivity contribution in [2.75, 3.05) is 26.4 Å². The minimum atomic E-state index is -1.23. The van der Waals surface area contributed by atoms with Gasteiger partial charge in [-0.25, -0.2) is 4.79 Å². The SMILES string of the molecule is CCOC(=O)C(N)C(=O)NCC1CCOC1. The van der Waals surface area contributed by atoms with E-state index in [4.69, 9.17) is 10.5 Å². The van der Waals surface area contributed by atoms with Crippen LogP contribution in [0.4, 0.5) is 0 Å². The summed E-state index contributed by atoms with van der Waals surface area (Å²) in [5, 5.41) is 2.62. The van der Waals surface area contributed by atoms with E-state index in [1.165, 1.54) is 0 Å². The number of carbonyl (C=O) groups is 2. The Morgan fingerprint density at radius 1 is 1.62 bits per heavy atom. The normalized spacial score (nSPS) is 21.5. The second kappa shape index (κ2) is 6.44. The van der Waals surface area contributed by atoms with Crippen LogP contribution >= 0.6 is 0 Å². The van der Waals surface area contributed by atoms with E-state index < -0.39 is 17.9 Å². The summed E-state index contributed by atoms with van der Waals surface area (Å²) in [5.41, 5.74) is 5.41. The number of esters is 1. The van der Waals surface area contributed by atoms with Crippen LogP contribution < -0.4 is 11.1 Å². The van der Waals surface area contributed by atoms with Gasteiger partial charge in [-0.1, -0.05) is 0 Å². The summed E-state index contributed by atoms with van der Waals surface area (Å²) in [4.78, 5) is 22.6. The van der Waals surface area contributed by atoms with Crippen molar-refractivity contribution in [3.63, 3.8) is 0 Å². The van der Waals surface area contributed by atoms with E-state index in [2.05, 4.69) is 10.1 Å². The lowest BCUT2D eigenvalue weighted by Gasteiger charge is -2.13. The number of hydrogen-bond acceptors (Lipinski definition) is 5. The Morgan fingerprint density at radius 2 is 2.38 bits per heavy atom. The Bertz CT molecular complexity index is 251. The third kappa shape index (κ3) is 3.79. The molecule has 1 aliphatic heterocycles. The molecule has 1 saturated heterocycles. The number of nitrogens with two attached hydrogens (primary N) is 1. The second-order valence-electron chi connectivity index (χ2n) is 3.70. The maximum atomic E-state index is 11.4. The average molecular weight is 230 g/mol. The Kier molecular flexibility index (Phi) is 5.21. The third-order valence-electron chi connectivity index (χ3n) is 2.41. The van der Waals surface area contributed by atoms with Gasteiger partial charge in [0.05, 0.1) is 13.2 Å². The highest BCUT2D eigenvalue weighted by atomic mass is 16.5. The molecule has 0 spiro atoms. The Balaban J connectivity index is 2.25. The van der Waals surface area contributed by atoms with Crippen LogP contribution in [-0.4, -0.2) is 44.3 Å². The molecule has 0 aromatic heterocycles. The number of amides is 1. The highest BCUT2D eigenvalue weighted by molar-refractivity contribution is 6.01. The number of rotatable bonds is 5. The summed E-state index contributed by atoms with van der Waals surface area (Å²) < 4.78 is 9.81. The van der Waals surface area contributed by atoms with Gasteiger partial charge in [0, 0.05) is 19.1 Å². The molecular formula is C10H18N2O4. The lowest BCUT2D eigenvalue weighted by molar-refractivity contribution is -0.148. The summed E-state index contributed by atoms with van der Waals surface area (Å²) in [7, 11) is 0. The van der Waals surface area contributed by atoms with E-state index in [1.807, 2.05) is 0 Å². The largest absolute Gasteiger partial charge is 0.464 e. The van der Waals surface area contributed by atoms with Crippen LogP contribution in [0.3, 0.4) is 0 Å². The van der Waals surface area contributed by atoms with Crippen molar-refractivity contribution in [1.29, 1.82) is 0 Å². The predicted octanol–water partition coefficient (Wildman–Crippen LogP) is -0.970. The molecule has 6 heteroatoms. The maximum absolute atomic E-state index is 11.4. The zero-order valence-electron chi connectivity index (χ0n) is 9.40. The van der Waals surface area contributed by atoms with Crippen LogP contribution in [0.25, 0.3) is 0 Å².